The number of carbonyl (C=O) groups is 1. The molecule has 0 radical (unpaired) electrons. The zero-order valence-corrected chi connectivity index (χ0v) is 15.4. The van der Waals surface area contributed by atoms with Gasteiger partial charge < -0.3 is 14.9 Å². The van der Waals surface area contributed by atoms with Gasteiger partial charge in [0.1, 0.15) is 0 Å². The van der Waals surface area contributed by atoms with Crippen LogP contribution in [0.4, 0.5) is 0 Å². The van der Waals surface area contributed by atoms with Crippen LogP contribution in [0.1, 0.15) is 22.6 Å². The molecule has 1 saturated heterocycles. The Morgan fingerprint density at radius 2 is 1.86 bits per heavy atom. The number of likely N-dealkylation sites (tertiary alicyclic amines) is 1. The summed E-state index contributed by atoms with van der Waals surface area (Å²) in [5, 5.41) is 17.4. The van der Waals surface area contributed by atoms with Crippen molar-refractivity contribution in [3.05, 3.63) is 72.1 Å². The van der Waals surface area contributed by atoms with Crippen molar-refractivity contribution in [2.75, 3.05) is 13.1 Å². The lowest BCUT2D eigenvalue weighted by Crippen LogP contribution is -2.53. The molecule has 1 aliphatic heterocycles. The molecule has 0 bridgehead atoms. The molecule has 2 aromatic carbocycles. The fraction of sp³-hybridized carbons (Fsp3) is 0.286. The van der Waals surface area contributed by atoms with Crippen LogP contribution in [-0.4, -0.2) is 51.3 Å². The number of carbonyl (C=O) groups excluding carboxylic acids is 1. The Morgan fingerprint density at radius 3 is 2.57 bits per heavy atom. The van der Waals surface area contributed by atoms with E-state index in [1.165, 1.54) is 0 Å². The number of nitrogens with one attached hydrogen (secondary N) is 1. The molecule has 4 rings (SSSR count). The van der Waals surface area contributed by atoms with Crippen LogP contribution >= 0.6 is 0 Å². The summed E-state index contributed by atoms with van der Waals surface area (Å²) >= 11 is 0. The first kappa shape index (κ1) is 18.3. The van der Waals surface area contributed by atoms with Gasteiger partial charge in [0.2, 0.25) is 0 Å². The number of hydrogen-bond acceptors (Lipinski definition) is 6. The highest BCUT2D eigenvalue weighted by Crippen LogP contribution is 2.18. The standard InChI is InChI=1S/C21H22N4O3/c26-18-13-25(12-11-17(18)22-20(27)15-7-3-1-4-8-15)14-19-23-21(28-24-19)16-9-5-2-6-10-16/h1-10,17-18,26H,11-14H2,(H,22,27)/t17-,18-/m1/s1. The molecule has 3 aromatic rings. The normalized spacial score (nSPS) is 20.0. The molecule has 7 heteroatoms. The lowest BCUT2D eigenvalue weighted by atomic mass is 10.0. The summed E-state index contributed by atoms with van der Waals surface area (Å²) in [6, 6.07) is 18.4. The number of aliphatic hydroxyl groups is 1. The smallest absolute Gasteiger partial charge is 0.257 e. The fourth-order valence-electron chi connectivity index (χ4n) is 3.37. The van der Waals surface area contributed by atoms with Crippen molar-refractivity contribution < 1.29 is 14.4 Å². The Kier molecular flexibility index (Phi) is 5.45. The van der Waals surface area contributed by atoms with Crippen molar-refractivity contribution in [1.82, 2.24) is 20.4 Å². The van der Waals surface area contributed by atoms with Crippen LogP contribution in [0, 0.1) is 0 Å². The third-order valence-electron chi connectivity index (χ3n) is 4.87. The maximum absolute atomic E-state index is 12.3. The van der Waals surface area contributed by atoms with E-state index in [2.05, 4.69) is 20.4 Å². The van der Waals surface area contributed by atoms with Crippen molar-refractivity contribution in [2.45, 2.75) is 25.1 Å². The van der Waals surface area contributed by atoms with Gasteiger partial charge in [-0.25, -0.2) is 0 Å². The van der Waals surface area contributed by atoms with Crippen LogP contribution in [0.3, 0.4) is 0 Å². The maximum atomic E-state index is 12.3. The molecule has 1 aliphatic rings. The predicted octanol–water partition coefficient (Wildman–Crippen LogP) is 2.10. The van der Waals surface area contributed by atoms with Crippen molar-refractivity contribution in [3.8, 4) is 11.5 Å². The molecule has 7 nitrogen and oxygen atoms in total. The van der Waals surface area contributed by atoms with E-state index < -0.39 is 6.10 Å². The van der Waals surface area contributed by atoms with E-state index >= 15 is 0 Å². The number of aromatic nitrogens is 2. The van der Waals surface area contributed by atoms with Crippen molar-refractivity contribution in [3.63, 3.8) is 0 Å². The lowest BCUT2D eigenvalue weighted by Gasteiger charge is -2.35. The van der Waals surface area contributed by atoms with Gasteiger partial charge in [-0.2, -0.15) is 4.98 Å². The van der Waals surface area contributed by atoms with Crippen LogP contribution in [0.2, 0.25) is 0 Å². The quantitative estimate of drug-likeness (QED) is 0.707. The number of amides is 1. The summed E-state index contributed by atoms with van der Waals surface area (Å²) in [6.45, 7) is 1.66. The first-order chi connectivity index (χ1) is 13.7. The zero-order chi connectivity index (χ0) is 19.3. The second-order valence-corrected chi connectivity index (χ2v) is 6.92. The van der Waals surface area contributed by atoms with Crippen molar-refractivity contribution >= 4 is 5.91 Å². The van der Waals surface area contributed by atoms with Gasteiger partial charge in [0.15, 0.2) is 5.82 Å². The van der Waals surface area contributed by atoms with Crippen LogP contribution in [0.15, 0.2) is 65.2 Å². The molecule has 0 spiro atoms. The number of hydrogen-bond donors (Lipinski definition) is 2. The van der Waals surface area contributed by atoms with Gasteiger partial charge in [-0.15, -0.1) is 0 Å². The van der Waals surface area contributed by atoms with Crippen LogP contribution in [-0.2, 0) is 6.54 Å². The first-order valence-corrected chi connectivity index (χ1v) is 9.33. The van der Waals surface area contributed by atoms with Crippen LogP contribution in [0.5, 0.6) is 0 Å². The lowest BCUT2D eigenvalue weighted by molar-refractivity contribution is 0.0338. The Labute approximate surface area is 163 Å². The monoisotopic (exact) mass is 378 g/mol. The second-order valence-electron chi connectivity index (χ2n) is 6.92. The molecular formula is C21H22N4O3. The summed E-state index contributed by atoms with van der Waals surface area (Å²) < 4.78 is 5.33. The van der Waals surface area contributed by atoms with Gasteiger partial charge in [-0.05, 0) is 30.7 Å². The SMILES string of the molecule is O=C(N[C@@H]1CCN(Cc2noc(-c3ccccc3)n2)C[C@H]1O)c1ccccc1. The van der Waals surface area contributed by atoms with E-state index in [1.807, 2.05) is 48.5 Å². The molecule has 1 aromatic heterocycles. The molecular weight excluding hydrogens is 356 g/mol. The van der Waals surface area contributed by atoms with Crippen LogP contribution in [0.25, 0.3) is 11.5 Å². The van der Waals surface area contributed by atoms with Crippen molar-refractivity contribution in [1.29, 1.82) is 0 Å². The van der Waals surface area contributed by atoms with E-state index in [0.717, 1.165) is 12.1 Å². The molecule has 1 fully saturated rings. The minimum Gasteiger partial charge on any atom is -0.390 e. The summed E-state index contributed by atoms with van der Waals surface area (Å²) in [5.74, 6) is 0.905. The van der Waals surface area contributed by atoms with Crippen LogP contribution < -0.4 is 5.32 Å². The van der Waals surface area contributed by atoms with Gasteiger partial charge in [0.25, 0.3) is 11.8 Å². The Hall–Kier alpha value is -3.03. The second kappa shape index (κ2) is 8.33. The average molecular weight is 378 g/mol. The molecule has 2 N–H and O–H groups in total. The highest BCUT2D eigenvalue weighted by molar-refractivity contribution is 5.94. The number of nitrogens with zero attached hydrogens (tertiary/aromatic N) is 3. The highest BCUT2D eigenvalue weighted by Gasteiger charge is 2.29. The maximum Gasteiger partial charge on any atom is 0.257 e. The third kappa shape index (κ3) is 4.27. The fourth-order valence-corrected chi connectivity index (χ4v) is 3.37. The molecule has 0 unspecified atom stereocenters. The van der Waals surface area contributed by atoms with Gasteiger partial charge in [0.05, 0.1) is 18.7 Å². The minimum absolute atomic E-state index is 0.163. The molecule has 0 saturated carbocycles. The van der Waals surface area contributed by atoms with E-state index in [-0.39, 0.29) is 11.9 Å². The number of piperidine rings is 1. The zero-order valence-electron chi connectivity index (χ0n) is 15.4. The number of aliphatic hydroxyl groups excluding tert-OH is 1. The molecule has 0 aliphatic carbocycles. The first-order valence-electron chi connectivity index (χ1n) is 9.33. The molecule has 28 heavy (non-hydrogen) atoms. The minimum atomic E-state index is -0.651. The third-order valence-corrected chi connectivity index (χ3v) is 4.87. The van der Waals surface area contributed by atoms with Crippen molar-refractivity contribution in [2.24, 2.45) is 0 Å². The van der Waals surface area contributed by atoms with Gasteiger partial charge in [-0.3, -0.25) is 9.69 Å². The molecule has 144 valence electrons. The number of benzene rings is 2. The van der Waals surface area contributed by atoms with E-state index in [4.69, 9.17) is 4.52 Å². The molecule has 1 amide bonds. The largest absolute Gasteiger partial charge is 0.390 e. The van der Waals surface area contributed by atoms with E-state index in [0.29, 0.717) is 36.8 Å². The number of β-amino-alcohol motifs (C(OH)–C–C–N with tert-alkyl or cyclic N) is 1. The summed E-state index contributed by atoms with van der Waals surface area (Å²) in [7, 11) is 0. The Balaban J connectivity index is 1.32. The Bertz CT molecular complexity index is 914. The topological polar surface area (TPSA) is 91.5 Å². The van der Waals surface area contributed by atoms with Gasteiger partial charge in [0, 0.05) is 24.2 Å². The Morgan fingerprint density at radius 1 is 1.14 bits per heavy atom. The number of rotatable bonds is 5. The highest BCUT2D eigenvalue weighted by atomic mass is 16.5. The van der Waals surface area contributed by atoms with Gasteiger partial charge >= 0.3 is 0 Å². The van der Waals surface area contributed by atoms with E-state index in [1.54, 1.807) is 12.1 Å². The average Bonchev–Trinajstić information content (AvgIpc) is 3.20. The van der Waals surface area contributed by atoms with Gasteiger partial charge in [-0.1, -0.05) is 41.6 Å². The molecule has 2 atom stereocenters. The van der Waals surface area contributed by atoms with E-state index in [9.17, 15) is 9.90 Å². The predicted molar refractivity (Wildman–Crippen MR) is 103 cm³/mol. The summed E-state index contributed by atoms with van der Waals surface area (Å²) in [6.07, 6.45) is 0.00487. The summed E-state index contributed by atoms with van der Waals surface area (Å²) in [4.78, 5) is 18.8. The molecule has 2 heterocycles. The summed E-state index contributed by atoms with van der Waals surface area (Å²) in [5.41, 5.74) is 1.47.